The lowest BCUT2D eigenvalue weighted by molar-refractivity contribution is -0.160. The molecular weight excluding hydrogens is 458 g/mol. The molecule has 0 aliphatic rings. The van der Waals surface area contributed by atoms with Crippen molar-refractivity contribution in [2.75, 3.05) is 19.7 Å². The molecule has 1 aromatic heterocycles. The Morgan fingerprint density at radius 2 is 1.51 bits per heavy atom. The molecule has 0 aliphatic heterocycles. The van der Waals surface area contributed by atoms with Gasteiger partial charge in [0.2, 0.25) is 0 Å². The van der Waals surface area contributed by atoms with Crippen LogP contribution in [-0.2, 0) is 30.3 Å². The molecule has 10 heteroatoms. The Balaban J connectivity index is 2.45. The van der Waals surface area contributed by atoms with Crippen LogP contribution in [0, 0.1) is 0 Å². The van der Waals surface area contributed by atoms with E-state index in [1.807, 2.05) is 0 Å². The van der Waals surface area contributed by atoms with E-state index in [-0.39, 0.29) is 48.7 Å². The van der Waals surface area contributed by atoms with E-state index in [0.717, 1.165) is 0 Å². The molecule has 0 radical (unpaired) electrons. The third kappa shape index (κ3) is 8.40. The van der Waals surface area contributed by atoms with E-state index in [9.17, 15) is 24.3 Å². The van der Waals surface area contributed by atoms with Crippen molar-refractivity contribution in [2.45, 2.75) is 66.2 Å². The van der Waals surface area contributed by atoms with E-state index in [1.165, 1.54) is 23.1 Å². The van der Waals surface area contributed by atoms with Gasteiger partial charge in [0, 0.05) is 11.9 Å². The summed E-state index contributed by atoms with van der Waals surface area (Å²) >= 11 is 0. The maximum atomic E-state index is 12.5. The molecule has 0 fully saturated rings. The second-order valence-electron chi connectivity index (χ2n) is 9.97. The van der Waals surface area contributed by atoms with Crippen molar-refractivity contribution < 1.29 is 38.1 Å². The molecule has 0 atom stereocenters. The average molecular weight is 492 g/mol. The number of aromatic hydroxyl groups is 1. The van der Waals surface area contributed by atoms with Crippen LogP contribution in [0.15, 0.2) is 27.4 Å². The molecule has 0 bridgehead atoms. The minimum Gasteiger partial charge on any atom is -0.507 e. The lowest BCUT2D eigenvalue weighted by Gasteiger charge is -2.26. The number of hydrogen-bond acceptors (Lipinski definition) is 10. The molecule has 10 nitrogen and oxygen atoms in total. The number of carbonyl (C=O) groups excluding carboxylic acids is 3. The highest BCUT2D eigenvalue weighted by Gasteiger charge is 2.26. The van der Waals surface area contributed by atoms with Crippen molar-refractivity contribution in [1.29, 1.82) is 0 Å². The van der Waals surface area contributed by atoms with Crippen LogP contribution in [0.2, 0.25) is 0 Å². The molecule has 0 saturated heterocycles. The zero-order valence-corrected chi connectivity index (χ0v) is 21.2. The summed E-state index contributed by atoms with van der Waals surface area (Å²) in [4.78, 5) is 50.9. The van der Waals surface area contributed by atoms with E-state index in [4.69, 9.17) is 18.6 Å². The lowest BCUT2D eigenvalue weighted by atomic mass is 10.1. The van der Waals surface area contributed by atoms with Crippen LogP contribution in [0.3, 0.4) is 0 Å². The van der Waals surface area contributed by atoms with Crippen LogP contribution >= 0.6 is 0 Å². The maximum absolute atomic E-state index is 12.5. The van der Waals surface area contributed by atoms with Gasteiger partial charge in [-0.15, -0.1) is 0 Å². The van der Waals surface area contributed by atoms with E-state index in [2.05, 4.69) is 0 Å². The highest BCUT2D eigenvalue weighted by Crippen LogP contribution is 2.28. The van der Waals surface area contributed by atoms with Gasteiger partial charge >= 0.3 is 23.5 Å². The van der Waals surface area contributed by atoms with E-state index in [0.29, 0.717) is 5.39 Å². The first-order chi connectivity index (χ1) is 16.1. The molecule has 0 unspecified atom stereocenters. The first-order valence-electron chi connectivity index (χ1n) is 11.2. The van der Waals surface area contributed by atoms with Crippen LogP contribution in [0.25, 0.3) is 11.0 Å². The fraction of sp³-hybridized carbons (Fsp3) is 0.520. The standard InChI is InChI=1S/C25H33NO9/c1-8-32-22(30)16-11-15-9-10-18(27)17(21(15)33-23(16)31)12-26(13-19(28)34-24(2,3)4)14-20(29)35-25(5,6)7/h9-11,27H,8,12-14H2,1-7H3. The Morgan fingerprint density at radius 3 is 2.00 bits per heavy atom. The van der Waals surface area contributed by atoms with Gasteiger partial charge in [-0.1, -0.05) is 0 Å². The van der Waals surface area contributed by atoms with Crippen LogP contribution in [-0.4, -0.2) is 58.8 Å². The maximum Gasteiger partial charge on any atom is 0.351 e. The number of rotatable bonds is 8. The number of ether oxygens (including phenoxy) is 3. The summed E-state index contributed by atoms with van der Waals surface area (Å²) in [6, 6.07) is 4.16. The normalized spacial score (nSPS) is 12.0. The minimum atomic E-state index is -0.936. The summed E-state index contributed by atoms with van der Waals surface area (Å²) < 4.78 is 21.0. The summed E-state index contributed by atoms with van der Waals surface area (Å²) in [5, 5.41) is 10.9. The Kier molecular flexibility index (Phi) is 8.67. The molecule has 0 amide bonds. The minimum absolute atomic E-state index is 0.0152. The number of phenols is 1. The monoisotopic (exact) mass is 491 g/mol. The molecule has 2 aromatic rings. The van der Waals surface area contributed by atoms with Gasteiger partial charge in [-0.25, -0.2) is 9.59 Å². The molecule has 0 aliphatic carbocycles. The quantitative estimate of drug-likeness (QED) is 0.333. The summed E-state index contributed by atoms with van der Waals surface area (Å²) in [6.07, 6.45) is 0. The molecule has 2 rings (SSSR count). The Hall–Kier alpha value is -3.40. The van der Waals surface area contributed by atoms with Crippen molar-refractivity contribution in [1.82, 2.24) is 4.90 Å². The van der Waals surface area contributed by atoms with Crippen molar-refractivity contribution in [3.8, 4) is 5.75 Å². The largest absolute Gasteiger partial charge is 0.507 e. The van der Waals surface area contributed by atoms with Gasteiger partial charge in [0.25, 0.3) is 0 Å². The number of phenolic OH excluding ortho intramolecular Hbond substituents is 1. The zero-order chi connectivity index (χ0) is 26.6. The number of benzene rings is 1. The molecule has 35 heavy (non-hydrogen) atoms. The molecule has 192 valence electrons. The summed E-state index contributed by atoms with van der Waals surface area (Å²) in [5.74, 6) is -2.23. The van der Waals surface area contributed by atoms with Crippen molar-refractivity contribution in [2.24, 2.45) is 0 Å². The number of fused-ring (bicyclic) bond motifs is 1. The van der Waals surface area contributed by atoms with Gasteiger partial charge in [-0.2, -0.15) is 0 Å². The fourth-order valence-corrected chi connectivity index (χ4v) is 3.24. The number of nitrogens with zero attached hydrogens (tertiary/aromatic N) is 1. The van der Waals surface area contributed by atoms with Gasteiger partial charge in [0.1, 0.15) is 28.1 Å². The fourth-order valence-electron chi connectivity index (χ4n) is 3.24. The van der Waals surface area contributed by atoms with Crippen LogP contribution in [0.1, 0.15) is 64.4 Å². The highest BCUT2D eigenvalue weighted by atomic mass is 16.6. The second-order valence-corrected chi connectivity index (χ2v) is 9.97. The van der Waals surface area contributed by atoms with Crippen LogP contribution in [0.5, 0.6) is 5.75 Å². The Bertz CT molecular complexity index is 1120. The molecule has 0 saturated carbocycles. The first-order valence-corrected chi connectivity index (χ1v) is 11.2. The van der Waals surface area contributed by atoms with E-state index >= 15 is 0 Å². The second kappa shape index (κ2) is 10.9. The Morgan fingerprint density at radius 1 is 0.971 bits per heavy atom. The van der Waals surface area contributed by atoms with Crippen molar-refractivity contribution in [3.05, 3.63) is 39.7 Å². The predicted molar refractivity (Wildman–Crippen MR) is 127 cm³/mol. The van der Waals surface area contributed by atoms with Crippen LogP contribution < -0.4 is 5.63 Å². The van der Waals surface area contributed by atoms with Crippen molar-refractivity contribution in [3.63, 3.8) is 0 Å². The average Bonchev–Trinajstić information content (AvgIpc) is 2.67. The topological polar surface area (TPSA) is 133 Å². The first kappa shape index (κ1) is 27.8. The van der Waals surface area contributed by atoms with Gasteiger partial charge in [-0.3, -0.25) is 14.5 Å². The van der Waals surface area contributed by atoms with Gasteiger partial charge in [0.15, 0.2) is 0 Å². The number of esters is 3. The summed E-state index contributed by atoms with van der Waals surface area (Å²) in [6.45, 7) is 11.3. The predicted octanol–water partition coefficient (Wildman–Crippen LogP) is 3.16. The smallest absolute Gasteiger partial charge is 0.351 e. The van der Waals surface area contributed by atoms with Gasteiger partial charge < -0.3 is 23.7 Å². The number of hydrogen-bond donors (Lipinski definition) is 1. The van der Waals surface area contributed by atoms with E-state index in [1.54, 1.807) is 48.5 Å². The SMILES string of the molecule is CCOC(=O)c1cc2ccc(O)c(CN(CC(=O)OC(C)(C)C)CC(=O)OC(C)(C)C)c2oc1=O. The van der Waals surface area contributed by atoms with E-state index < -0.39 is 34.7 Å². The summed E-state index contributed by atoms with van der Waals surface area (Å²) in [5.41, 5.74) is -2.54. The lowest BCUT2D eigenvalue weighted by Crippen LogP contribution is -2.39. The molecule has 1 heterocycles. The number of carbonyl (C=O) groups is 3. The summed E-state index contributed by atoms with van der Waals surface area (Å²) in [7, 11) is 0. The highest BCUT2D eigenvalue weighted by molar-refractivity contribution is 5.93. The van der Waals surface area contributed by atoms with Crippen LogP contribution in [0.4, 0.5) is 0 Å². The molecule has 0 spiro atoms. The molecular formula is C25H33NO9. The zero-order valence-electron chi connectivity index (χ0n) is 21.2. The van der Waals surface area contributed by atoms with Gasteiger partial charge in [-0.05, 0) is 66.7 Å². The van der Waals surface area contributed by atoms with Gasteiger partial charge in [0.05, 0.1) is 25.3 Å². The Labute approximate surface area is 203 Å². The molecule has 1 aromatic carbocycles. The molecule has 1 N–H and O–H groups in total. The third-order valence-electron chi connectivity index (χ3n) is 4.40. The third-order valence-corrected chi connectivity index (χ3v) is 4.40. The van der Waals surface area contributed by atoms with Crippen molar-refractivity contribution >= 4 is 28.9 Å².